The molecule has 1 N–H and O–H groups in total. The maximum atomic E-state index is 12.8. The van der Waals surface area contributed by atoms with Crippen LogP contribution in [0.5, 0.6) is 0 Å². The predicted octanol–water partition coefficient (Wildman–Crippen LogP) is 1.97. The fourth-order valence-corrected chi connectivity index (χ4v) is 3.17. The van der Waals surface area contributed by atoms with E-state index >= 15 is 0 Å². The third kappa shape index (κ3) is 3.61. The van der Waals surface area contributed by atoms with Crippen molar-refractivity contribution in [2.24, 2.45) is 0 Å². The third-order valence-corrected chi connectivity index (χ3v) is 5.79. The van der Waals surface area contributed by atoms with Gasteiger partial charge in [-0.25, -0.2) is 0 Å². The highest BCUT2D eigenvalue weighted by Crippen LogP contribution is 2.36. The molecular weight excluding hydrogens is 317 g/mol. The van der Waals surface area contributed by atoms with E-state index in [9.17, 15) is 9.90 Å². The molecule has 136 valence electrons. The molecule has 1 amide bonds. The van der Waals surface area contributed by atoms with E-state index in [0.29, 0.717) is 31.5 Å². The number of amides is 1. The second-order valence-electron chi connectivity index (χ2n) is 8.50. The van der Waals surface area contributed by atoms with Crippen molar-refractivity contribution in [2.75, 3.05) is 13.1 Å². The van der Waals surface area contributed by atoms with E-state index in [1.165, 1.54) is 0 Å². The lowest BCUT2D eigenvalue weighted by Crippen LogP contribution is -2.45. The van der Waals surface area contributed by atoms with Gasteiger partial charge in [0.05, 0.1) is 16.8 Å². The average molecular weight is 345 g/mol. The Labute approximate surface area is 150 Å². The lowest BCUT2D eigenvalue weighted by atomic mass is 9.78. The molecule has 0 aromatic heterocycles. The molecule has 6 heteroatoms. The maximum absolute atomic E-state index is 12.8. The second-order valence-corrected chi connectivity index (χ2v) is 8.50. The molecule has 0 bridgehead atoms. The van der Waals surface area contributed by atoms with Crippen molar-refractivity contribution in [3.05, 3.63) is 29.8 Å². The SMILES string of the molecule is CC1(O)CCN(C(=O)c2cccc(B3OC(C)(C)C(C)(C)O3)c2)CC1. The summed E-state index contributed by atoms with van der Waals surface area (Å²) in [6, 6.07) is 7.48. The van der Waals surface area contributed by atoms with Crippen LogP contribution in [0.3, 0.4) is 0 Å². The molecule has 5 nitrogen and oxygen atoms in total. The van der Waals surface area contributed by atoms with Crippen molar-refractivity contribution in [3.63, 3.8) is 0 Å². The summed E-state index contributed by atoms with van der Waals surface area (Å²) in [4.78, 5) is 14.6. The van der Waals surface area contributed by atoms with Crippen LogP contribution in [0.25, 0.3) is 0 Å². The van der Waals surface area contributed by atoms with Crippen molar-refractivity contribution in [2.45, 2.75) is 64.3 Å². The summed E-state index contributed by atoms with van der Waals surface area (Å²) in [5.41, 5.74) is 0.00962. The first-order valence-corrected chi connectivity index (χ1v) is 8.98. The van der Waals surface area contributed by atoms with Gasteiger partial charge in [0, 0.05) is 18.7 Å². The summed E-state index contributed by atoms with van der Waals surface area (Å²) in [6.45, 7) is 11.0. The number of rotatable bonds is 2. The minimum absolute atomic E-state index is 0.00568. The average Bonchev–Trinajstić information content (AvgIpc) is 2.75. The topological polar surface area (TPSA) is 59.0 Å². The van der Waals surface area contributed by atoms with Gasteiger partial charge in [-0.15, -0.1) is 0 Å². The molecule has 2 aliphatic rings. The Balaban J connectivity index is 1.75. The molecule has 25 heavy (non-hydrogen) atoms. The Morgan fingerprint density at radius 2 is 1.64 bits per heavy atom. The zero-order chi connectivity index (χ0) is 18.5. The van der Waals surface area contributed by atoms with E-state index in [-0.39, 0.29) is 5.91 Å². The number of piperidine rings is 1. The van der Waals surface area contributed by atoms with E-state index < -0.39 is 23.9 Å². The molecule has 2 saturated heterocycles. The molecule has 2 fully saturated rings. The zero-order valence-electron chi connectivity index (χ0n) is 15.8. The maximum Gasteiger partial charge on any atom is 0.494 e. The van der Waals surface area contributed by atoms with Crippen molar-refractivity contribution in [3.8, 4) is 0 Å². The van der Waals surface area contributed by atoms with E-state index in [1.54, 1.807) is 4.90 Å². The van der Waals surface area contributed by atoms with Crippen molar-refractivity contribution >= 4 is 18.5 Å². The molecule has 3 rings (SSSR count). The summed E-state index contributed by atoms with van der Waals surface area (Å²) in [5.74, 6) is -0.00568. The summed E-state index contributed by atoms with van der Waals surface area (Å²) >= 11 is 0. The van der Waals surface area contributed by atoms with Crippen LogP contribution >= 0.6 is 0 Å². The highest BCUT2D eigenvalue weighted by atomic mass is 16.7. The molecule has 0 saturated carbocycles. The summed E-state index contributed by atoms with van der Waals surface area (Å²) in [5, 5.41) is 10.1. The van der Waals surface area contributed by atoms with E-state index in [4.69, 9.17) is 9.31 Å². The summed E-state index contributed by atoms with van der Waals surface area (Å²) < 4.78 is 12.2. The monoisotopic (exact) mass is 345 g/mol. The molecule has 0 spiro atoms. The fraction of sp³-hybridized carbons (Fsp3) is 0.632. The first-order chi connectivity index (χ1) is 11.5. The lowest BCUT2D eigenvalue weighted by molar-refractivity contribution is -0.00202. The first-order valence-electron chi connectivity index (χ1n) is 8.98. The molecule has 0 unspecified atom stereocenters. The first kappa shape index (κ1) is 18.4. The zero-order valence-corrected chi connectivity index (χ0v) is 15.8. The van der Waals surface area contributed by atoms with Crippen LogP contribution in [0, 0.1) is 0 Å². The van der Waals surface area contributed by atoms with Crippen LogP contribution in [0.4, 0.5) is 0 Å². The molecule has 0 aliphatic carbocycles. The van der Waals surface area contributed by atoms with Crippen LogP contribution in [-0.2, 0) is 9.31 Å². The van der Waals surface area contributed by atoms with Crippen LogP contribution < -0.4 is 5.46 Å². The van der Waals surface area contributed by atoms with Gasteiger partial charge in [0.25, 0.3) is 5.91 Å². The lowest BCUT2D eigenvalue weighted by Gasteiger charge is -2.35. The van der Waals surface area contributed by atoms with Crippen molar-refractivity contribution in [1.29, 1.82) is 0 Å². The Morgan fingerprint density at radius 1 is 1.08 bits per heavy atom. The fourth-order valence-electron chi connectivity index (χ4n) is 3.17. The number of hydrogen-bond donors (Lipinski definition) is 1. The van der Waals surface area contributed by atoms with Gasteiger partial charge >= 0.3 is 7.12 Å². The number of aliphatic hydroxyl groups is 1. The molecular formula is C19H28BNO4. The summed E-state index contributed by atoms with van der Waals surface area (Å²) in [7, 11) is -0.472. The summed E-state index contributed by atoms with van der Waals surface area (Å²) in [6.07, 6.45) is 1.21. The largest absolute Gasteiger partial charge is 0.494 e. The predicted molar refractivity (Wildman–Crippen MR) is 97.9 cm³/mol. The van der Waals surface area contributed by atoms with Crippen LogP contribution in [0.1, 0.15) is 57.8 Å². The Bertz CT molecular complexity index is 645. The van der Waals surface area contributed by atoms with Crippen molar-refractivity contribution in [1.82, 2.24) is 4.90 Å². The van der Waals surface area contributed by atoms with Gasteiger partial charge in [0.2, 0.25) is 0 Å². The minimum Gasteiger partial charge on any atom is -0.399 e. The second kappa shape index (κ2) is 6.11. The van der Waals surface area contributed by atoms with Crippen molar-refractivity contribution < 1.29 is 19.2 Å². The van der Waals surface area contributed by atoms with Gasteiger partial charge in [-0.3, -0.25) is 4.79 Å². The smallest absolute Gasteiger partial charge is 0.399 e. The van der Waals surface area contributed by atoms with Crippen LogP contribution in [-0.4, -0.2) is 52.9 Å². The van der Waals surface area contributed by atoms with Gasteiger partial charge < -0.3 is 19.3 Å². The molecule has 0 radical (unpaired) electrons. The number of carbonyl (C=O) groups excluding carboxylic acids is 1. The standard InChI is InChI=1S/C19H28BNO4/c1-17(2)18(3,4)25-20(24-17)15-8-6-7-14(13-15)16(22)21-11-9-19(5,23)10-12-21/h6-8,13,23H,9-12H2,1-5H3. The number of hydrogen-bond acceptors (Lipinski definition) is 4. The van der Waals surface area contributed by atoms with Crippen LogP contribution in [0.2, 0.25) is 0 Å². The van der Waals surface area contributed by atoms with Gasteiger partial charge in [-0.05, 0) is 65.1 Å². The molecule has 2 heterocycles. The number of benzene rings is 1. The normalized spacial score (nSPS) is 24.4. The Morgan fingerprint density at radius 3 is 2.20 bits per heavy atom. The third-order valence-electron chi connectivity index (χ3n) is 5.79. The van der Waals surface area contributed by atoms with Gasteiger partial charge in [-0.2, -0.15) is 0 Å². The molecule has 0 atom stereocenters. The van der Waals surface area contributed by atoms with Gasteiger partial charge in [0.1, 0.15) is 0 Å². The van der Waals surface area contributed by atoms with Gasteiger partial charge in [-0.1, -0.05) is 12.1 Å². The van der Waals surface area contributed by atoms with Gasteiger partial charge in [0.15, 0.2) is 0 Å². The highest BCUT2D eigenvalue weighted by molar-refractivity contribution is 6.62. The van der Waals surface area contributed by atoms with E-state index in [2.05, 4.69) is 0 Å². The number of nitrogens with zero attached hydrogens (tertiary/aromatic N) is 1. The highest BCUT2D eigenvalue weighted by Gasteiger charge is 2.51. The Hall–Kier alpha value is -1.37. The quantitative estimate of drug-likeness (QED) is 0.833. The van der Waals surface area contributed by atoms with Crippen LogP contribution in [0.15, 0.2) is 24.3 Å². The number of likely N-dealkylation sites (tertiary alicyclic amines) is 1. The minimum atomic E-state index is -0.665. The number of carbonyl (C=O) groups is 1. The van der Waals surface area contributed by atoms with E-state index in [0.717, 1.165) is 5.46 Å². The molecule has 1 aromatic rings. The molecule has 2 aliphatic heterocycles. The Kier molecular flexibility index (Phi) is 4.50. The molecule has 1 aromatic carbocycles. The van der Waals surface area contributed by atoms with E-state index in [1.807, 2.05) is 58.9 Å².